The number of likely N-dealkylation sites (N-methyl/N-ethyl adjacent to an activating group) is 1. The highest BCUT2D eigenvalue weighted by Crippen LogP contribution is 2.24. The molecule has 3 heterocycles. The Morgan fingerprint density at radius 3 is 2.56 bits per heavy atom. The first-order valence-corrected chi connectivity index (χ1v) is 3.68. The van der Waals surface area contributed by atoms with Crippen molar-refractivity contribution >= 4 is 0 Å². The van der Waals surface area contributed by atoms with E-state index in [1.54, 1.807) is 0 Å². The van der Waals surface area contributed by atoms with Gasteiger partial charge in [-0.3, -0.25) is 4.90 Å². The Morgan fingerprint density at radius 1 is 1.44 bits per heavy atom. The first-order chi connectivity index (χ1) is 4.36. The van der Waals surface area contributed by atoms with Gasteiger partial charge < -0.3 is 4.74 Å². The molecule has 0 N–H and O–H groups in total. The molecule has 3 rings (SSSR count). The summed E-state index contributed by atoms with van der Waals surface area (Å²) in [4.78, 5) is 2.41. The average molecular weight is 127 g/mol. The molecule has 3 aliphatic rings. The third kappa shape index (κ3) is 0.864. The van der Waals surface area contributed by atoms with Gasteiger partial charge in [0.2, 0.25) is 0 Å². The fourth-order valence-corrected chi connectivity index (χ4v) is 1.75. The van der Waals surface area contributed by atoms with E-state index in [0.29, 0.717) is 6.10 Å². The summed E-state index contributed by atoms with van der Waals surface area (Å²) in [7, 11) is 2.19. The number of fused-ring (bicyclic) bond motifs is 3. The van der Waals surface area contributed by atoms with E-state index in [0.717, 1.165) is 19.2 Å². The van der Waals surface area contributed by atoms with E-state index in [9.17, 15) is 0 Å². The molecule has 0 amide bonds. The van der Waals surface area contributed by atoms with Gasteiger partial charge in [-0.25, -0.2) is 0 Å². The van der Waals surface area contributed by atoms with Crippen molar-refractivity contribution in [1.82, 2.24) is 4.90 Å². The van der Waals surface area contributed by atoms with Gasteiger partial charge >= 0.3 is 0 Å². The first kappa shape index (κ1) is 5.69. The van der Waals surface area contributed by atoms with Crippen LogP contribution in [0.15, 0.2) is 0 Å². The van der Waals surface area contributed by atoms with Crippen molar-refractivity contribution in [1.29, 1.82) is 0 Å². The van der Waals surface area contributed by atoms with Crippen molar-refractivity contribution < 1.29 is 4.74 Å². The Morgan fingerprint density at radius 2 is 2.33 bits per heavy atom. The molecule has 2 bridgehead atoms. The number of morpholine rings is 1. The molecule has 0 radical (unpaired) electrons. The van der Waals surface area contributed by atoms with Crippen LogP contribution in [0.1, 0.15) is 12.8 Å². The summed E-state index contributed by atoms with van der Waals surface area (Å²) in [6.07, 6.45) is 3.19. The highest BCUT2D eigenvalue weighted by atomic mass is 16.5. The largest absolute Gasteiger partial charge is 0.375 e. The van der Waals surface area contributed by atoms with Crippen molar-refractivity contribution in [2.24, 2.45) is 0 Å². The smallest absolute Gasteiger partial charge is 0.0703 e. The molecule has 0 aromatic heterocycles. The van der Waals surface area contributed by atoms with Gasteiger partial charge in [-0.1, -0.05) is 0 Å². The normalized spacial score (nSPS) is 43.7. The maximum atomic E-state index is 5.51. The molecule has 0 aromatic carbocycles. The van der Waals surface area contributed by atoms with Gasteiger partial charge in [-0.05, 0) is 19.9 Å². The molecule has 3 saturated heterocycles. The topological polar surface area (TPSA) is 12.5 Å². The molecule has 0 saturated carbocycles. The zero-order valence-corrected chi connectivity index (χ0v) is 5.84. The molecule has 2 atom stereocenters. The molecule has 3 aliphatic heterocycles. The number of hydrogen-bond acceptors (Lipinski definition) is 2. The summed E-state index contributed by atoms with van der Waals surface area (Å²) in [6, 6.07) is 0.731. The minimum atomic E-state index is 0.556. The molecule has 0 spiro atoms. The Bertz CT molecular complexity index is 107. The fourth-order valence-electron chi connectivity index (χ4n) is 1.75. The molecule has 0 aromatic rings. The lowest BCUT2D eigenvalue weighted by molar-refractivity contribution is -0.0962. The molecule has 1 unspecified atom stereocenters. The van der Waals surface area contributed by atoms with E-state index in [2.05, 4.69) is 11.9 Å². The molecule has 3 fully saturated rings. The Hall–Kier alpha value is -0.0800. The van der Waals surface area contributed by atoms with Gasteiger partial charge in [0.15, 0.2) is 0 Å². The van der Waals surface area contributed by atoms with Crippen LogP contribution in [-0.2, 0) is 4.74 Å². The fraction of sp³-hybridized carbons (Fsp3) is 1.00. The van der Waals surface area contributed by atoms with Crippen molar-refractivity contribution in [2.45, 2.75) is 25.0 Å². The SMILES string of the molecule is CN1C[C@@H]2CCC1CO2. The molecular formula is C7H13NO. The van der Waals surface area contributed by atoms with Crippen molar-refractivity contribution in [2.75, 3.05) is 20.2 Å². The zero-order chi connectivity index (χ0) is 6.27. The van der Waals surface area contributed by atoms with Crippen LogP contribution in [0.3, 0.4) is 0 Å². The maximum absolute atomic E-state index is 5.51. The Balaban J connectivity index is 2.06. The quantitative estimate of drug-likeness (QED) is 0.469. The van der Waals surface area contributed by atoms with Gasteiger partial charge in [0, 0.05) is 12.6 Å². The third-order valence-electron chi connectivity index (χ3n) is 2.46. The van der Waals surface area contributed by atoms with Crippen LogP contribution < -0.4 is 0 Å². The van der Waals surface area contributed by atoms with Crippen LogP contribution in [0, 0.1) is 0 Å². The summed E-state index contributed by atoms with van der Waals surface area (Å²) in [6.45, 7) is 2.13. The van der Waals surface area contributed by atoms with Crippen LogP contribution in [0.5, 0.6) is 0 Å². The van der Waals surface area contributed by atoms with Crippen LogP contribution in [0.4, 0.5) is 0 Å². The Labute approximate surface area is 55.8 Å². The average Bonchev–Trinajstić information content (AvgIpc) is 1.90. The van der Waals surface area contributed by atoms with Crippen molar-refractivity contribution in [3.8, 4) is 0 Å². The van der Waals surface area contributed by atoms with E-state index >= 15 is 0 Å². The Kier molecular flexibility index (Phi) is 1.24. The van der Waals surface area contributed by atoms with Crippen LogP contribution >= 0.6 is 0 Å². The van der Waals surface area contributed by atoms with Crippen LogP contribution in [0.2, 0.25) is 0 Å². The molecule has 52 valence electrons. The monoisotopic (exact) mass is 127 g/mol. The lowest BCUT2D eigenvalue weighted by Gasteiger charge is -2.43. The number of nitrogens with zero attached hydrogens (tertiary/aromatic N) is 1. The standard InChI is InChI=1S/C7H13NO/c1-8-4-7-3-2-6(8)5-9-7/h6-7H,2-5H2,1H3/t6?,7-/m0/s1. The van der Waals surface area contributed by atoms with Gasteiger partial charge in [-0.15, -0.1) is 0 Å². The van der Waals surface area contributed by atoms with Gasteiger partial charge in [0.25, 0.3) is 0 Å². The second-order valence-corrected chi connectivity index (χ2v) is 3.13. The minimum absolute atomic E-state index is 0.556. The molecule has 2 heteroatoms. The number of piperidine rings is 1. The second kappa shape index (κ2) is 1.96. The predicted molar refractivity (Wildman–Crippen MR) is 35.4 cm³/mol. The van der Waals surface area contributed by atoms with Crippen LogP contribution in [-0.4, -0.2) is 37.2 Å². The van der Waals surface area contributed by atoms with Gasteiger partial charge in [0.05, 0.1) is 12.7 Å². The minimum Gasteiger partial charge on any atom is -0.375 e. The van der Waals surface area contributed by atoms with Crippen LogP contribution in [0.25, 0.3) is 0 Å². The second-order valence-electron chi connectivity index (χ2n) is 3.13. The zero-order valence-electron chi connectivity index (χ0n) is 5.84. The number of rotatable bonds is 0. The summed E-state index contributed by atoms with van der Waals surface area (Å²) in [5, 5.41) is 0. The predicted octanol–water partition coefficient (Wildman–Crippen LogP) is 0.479. The summed E-state index contributed by atoms with van der Waals surface area (Å²) < 4.78 is 5.51. The molecular weight excluding hydrogens is 114 g/mol. The highest BCUT2D eigenvalue weighted by molar-refractivity contribution is 4.84. The maximum Gasteiger partial charge on any atom is 0.0703 e. The van der Waals surface area contributed by atoms with Crippen molar-refractivity contribution in [3.63, 3.8) is 0 Å². The number of ether oxygens (including phenoxy) is 1. The van der Waals surface area contributed by atoms with Gasteiger partial charge in [-0.2, -0.15) is 0 Å². The summed E-state index contributed by atoms with van der Waals surface area (Å²) >= 11 is 0. The van der Waals surface area contributed by atoms with E-state index < -0.39 is 0 Å². The van der Waals surface area contributed by atoms with E-state index in [1.807, 2.05) is 0 Å². The summed E-state index contributed by atoms with van der Waals surface area (Å²) in [5.41, 5.74) is 0. The lowest BCUT2D eigenvalue weighted by Crippen LogP contribution is -2.52. The number of hydrogen-bond donors (Lipinski definition) is 0. The van der Waals surface area contributed by atoms with E-state index in [1.165, 1.54) is 12.8 Å². The summed E-state index contributed by atoms with van der Waals surface area (Å²) in [5.74, 6) is 0. The molecule has 0 aliphatic carbocycles. The highest BCUT2D eigenvalue weighted by Gasteiger charge is 2.31. The van der Waals surface area contributed by atoms with E-state index in [-0.39, 0.29) is 0 Å². The lowest BCUT2D eigenvalue weighted by atomic mass is 9.98. The molecule has 9 heavy (non-hydrogen) atoms. The molecule has 2 nitrogen and oxygen atoms in total. The third-order valence-corrected chi connectivity index (χ3v) is 2.46. The first-order valence-electron chi connectivity index (χ1n) is 3.68. The van der Waals surface area contributed by atoms with Crippen molar-refractivity contribution in [3.05, 3.63) is 0 Å². The van der Waals surface area contributed by atoms with E-state index in [4.69, 9.17) is 4.74 Å². The van der Waals surface area contributed by atoms with Gasteiger partial charge in [0.1, 0.15) is 0 Å².